The first kappa shape index (κ1) is 11.5. The van der Waals surface area contributed by atoms with Gasteiger partial charge in [0.1, 0.15) is 0 Å². The fraction of sp³-hybridized carbons (Fsp3) is 0.909. The van der Waals surface area contributed by atoms with Gasteiger partial charge in [0.05, 0.1) is 0 Å². The van der Waals surface area contributed by atoms with Gasteiger partial charge in [-0.05, 0) is 18.3 Å². The molecule has 1 saturated carbocycles. The van der Waals surface area contributed by atoms with Crippen LogP contribution in [0.15, 0.2) is 0 Å². The number of hydrogen-bond donors (Lipinski definition) is 2. The Morgan fingerprint density at radius 2 is 2.19 bits per heavy atom. The molecule has 2 atom stereocenters. The molecule has 0 bridgehead atoms. The van der Waals surface area contributed by atoms with Gasteiger partial charge >= 0.3 is 0 Å². The molecule has 1 fully saturated rings. The number of nitrogens with one attached hydrogen (secondary N) is 1. The Labute approximate surface area is 96.2 Å². The van der Waals surface area contributed by atoms with Crippen molar-refractivity contribution in [1.82, 2.24) is 20.6 Å². The first-order valence-electron chi connectivity index (χ1n) is 6.24. The van der Waals surface area contributed by atoms with E-state index in [1.165, 1.54) is 32.1 Å². The molecular formula is C11H21N5. The Bertz CT molecular complexity index is 291. The molecule has 5 heteroatoms. The van der Waals surface area contributed by atoms with E-state index in [0.29, 0.717) is 12.5 Å². The van der Waals surface area contributed by atoms with Crippen molar-refractivity contribution in [1.29, 1.82) is 0 Å². The van der Waals surface area contributed by atoms with E-state index >= 15 is 0 Å². The van der Waals surface area contributed by atoms with Crippen molar-refractivity contribution in [2.75, 3.05) is 6.54 Å². The van der Waals surface area contributed by atoms with Gasteiger partial charge in [-0.3, -0.25) is 0 Å². The fourth-order valence-corrected chi connectivity index (χ4v) is 2.85. The molecule has 2 unspecified atom stereocenters. The molecule has 1 heterocycles. The van der Waals surface area contributed by atoms with E-state index in [2.05, 4.69) is 27.5 Å². The largest absolute Gasteiger partial charge is 0.330 e. The monoisotopic (exact) mass is 223 g/mol. The molecule has 1 aliphatic rings. The van der Waals surface area contributed by atoms with Gasteiger partial charge in [0, 0.05) is 12.5 Å². The molecule has 0 aromatic carbocycles. The van der Waals surface area contributed by atoms with Crippen molar-refractivity contribution < 1.29 is 0 Å². The maximum atomic E-state index is 5.82. The highest BCUT2D eigenvalue weighted by molar-refractivity contribution is 4.95. The topological polar surface area (TPSA) is 80.5 Å². The van der Waals surface area contributed by atoms with Crippen LogP contribution in [0.3, 0.4) is 0 Å². The highest BCUT2D eigenvalue weighted by Crippen LogP contribution is 2.34. The molecule has 16 heavy (non-hydrogen) atoms. The Morgan fingerprint density at radius 3 is 2.75 bits per heavy atom. The maximum absolute atomic E-state index is 5.82. The van der Waals surface area contributed by atoms with Gasteiger partial charge in [0.25, 0.3) is 0 Å². The molecule has 3 N–H and O–H groups in total. The van der Waals surface area contributed by atoms with Crippen LogP contribution in [0, 0.1) is 11.8 Å². The van der Waals surface area contributed by atoms with E-state index in [1.54, 1.807) is 0 Å². The second-order valence-electron chi connectivity index (χ2n) is 4.98. The minimum absolute atomic E-state index is 0.249. The lowest BCUT2D eigenvalue weighted by molar-refractivity contribution is 0.342. The third-order valence-electron chi connectivity index (χ3n) is 3.81. The molecule has 1 aliphatic carbocycles. The lowest BCUT2D eigenvalue weighted by atomic mass is 9.84. The number of aromatic nitrogens is 4. The predicted molar refractivity (Wildman–Crippen MR) is 61.7 cm³/mol. The Kier molecular flexibility index (Phi) is 3.88. The summed E-state index contributed by atoms with van der Waals surface area (Å²) in [6, 6.07) is 0. The first-order valence-corrected chi connectivity index (χ1v) is 6.24. The standard InChI is InChI=1S/C11H21N5/c1-8(6-9-4-2-3-5-9)10(7-12)11-13-15-16-14-11/h8-10H,2-7,12H2,1H3,(H,13,14,15,16). The zero-order valence-corrected chi connectivity index (χ0v) is 9.89. The molecule has 0 radical (unpaired) electrons. The second kappa shape index (κ2) is 5.39. The summed E-state index contributed by atoms with van der Waals surface area (Å²) in [5, 5.41) is 14.2. The van der Waals surface area contributed by atoms with E-state index in [4.69, 9.17) is 5.73 Å². The van der Waals surface area contributed by atoms with Crippen molar-refractivity contribution >= 4 is 0 Å². The fourth-order valence-electron chi connectivity index (χ4n) is 2.85. The van der Waals surface area contributed by atoms with Crippen LogP contribution in [-0.4, -0.2) is 27.2 Å². The van der Waals surface area contributed by atoms with E-state index in [9.17, 15) is 0 Å². The number of rotatable bonds is 5. The van der Waals surface area contributed by atoms with E-state index < -0.39 is 0 Å². The van der Waals surface area contributed by atoms with Gasteiger partial charge in [-0.25, -0.2) is 0 Å². The maximum Gasteiger partial charge on any atom is 0.179 e. The number of H-pyrrole nitrogens is 1. The van der Waals surface area contributed by atoms with Crippen LogP contribution >= 0.6 is 0 Å². The van der Waals surface area contributed by atoms with Gasteiger partial charge in [0.2, 0.25) is 0 Å². The smallest absolute Gasteiger partial charge is 0.179 e. The number of nitrogens with two attached hydrogens (primary N) is 1. The highest BCUT2D eigenvalue weighted by atomic mass is 15.5. The molecule has 1 aromatic heterocycles. The lowest BCUT2D eigenvalue weighted by Gasteiger charge is -2.22. The number of aromatic amines is 1. The minimum Gasteiger partial charge on any atom is -0.330 e. The van der Waals surface area contributed by atoms with Crippen LogP contribution in [0.5, 0.6) is 0 Å². The van der Waals surface area contributed by atoms with Crippen molar-refractivity contribution in [3.05, 3.63) is 5.82 Å². The normalized spacial score (nSPS) is 21.1. The van der Waals surface area contributed by atoms with E-state index in [0.717, 1.165) is 11.7 Å². The summed E-state index contributed by atoms with van der Waals surface area (Å²) in [6.07, 6.45) is 6.80. The van der Waals surface area contributed by atoms with Crippen LogP contribution in [0.25, 0.3) is 0 Å². The van der Waals surface area contributed by atoms with Gasteiger partial charge in [-0.2, -0.15) is 5.21 Å². The van der Waals surface area contributed by atoms with Crippen LogP contribution in [0.2, 0.25) is 0 Å². The molecule has 0 saturated heterocycles. The van der Waals surface area contributed by atoms with Crippen LogP contribution in [0.4, 0.5) is 0 Å². The average molecular weight is 223 g/mol. The summed E-state index contributed by atoms with van der Waals surface area (Å²) in [5.41, 5.74) is 5.82. The van der Waals surface area contributed by atoms with Crippen molar-refractivity contribution in [2.24, 2.45) is 17.6 Å². The van der Waals surface area contributed by atoms with Gasteiger partial charge in [0.15, 0.2) is 5.82 Å². The van der Waals surface area contributed by atoms with Gasteiger partial charge in [-0.1, -0.05) is 37.8 Å². The molecule has 90 valence electrons. The van der Waals surface area contributed by atoms with E-state index in [1.807, 2.05) is 0 Å². The Morgan fingerprint density at radius 1 is 1.44 bits per heavy atom. The third-order valence-corrected chi connectivity index (χ3v) is 3.81. The van der Waals surface area contributed by atoms with Crippen molar-refractivity contribution in [2.45, 2.75) is 44.9 Å². The Balaban J connectivity index is 1.93. The summed E-state index contributed by atoms with van der Waals surface area (Å²) in [5.74, 6) is 2.45. The predicted octanol–water partition coefficient (Wildman–Crippen LogP) is 1.46. The average Bonchev–Trinajstić information content (AvgIpc) is 2.91. The summed E-state index contributed by atoms with van der Waals surface area (Å²) >= 11 is 0. The van der Waals surface area contributed by atoms with Crippen LogP contribution < -0.4 is 5.73 Å². The second-order valence-corrected chi connectivity index (χ2v) is 4.98. The van der Waals surface area contributed by atoms with Gasteiger partial charge < -0.3 is 5.73 Å². The number of nitrogens with zero attached hydrogens (tertiary/aromatic N) is 3. The summed E-state index contributed by atoms with van der Waals surface area (Å²) < 4.78 is 0. The number of tetrazole rings is 1. The van der Waals surface area contributed by atoms with Crippen LogP contribution in [-0.2, 0) is 0 Å². The van der Waals surface area contributed by atoms with Crippen molar-refractivity contribution in [3.8, 4) is 0 Å². The molecule has 0 amide bonds. The summed E-state index contributed by atoms with van der Waals surface area (Å²) in [6.45, 7) is 2.86. The van der Waals surface area contributed by atoms with Gasteiger partial charge in [-0.15, -0.1) is 10.2 Å². The quantitative estimate of drug-likeness (QED) is 0.792. The van der Waals surface area contributed by atoms with Crippen molar-refractivity contribution in [3.63, 3.8) is 0 Å². The molecule has 2 rings (SSSR count). The molecule has 1 aromatic rings. The zero-order valence-electron chi connectivity index (χ0n) is 9.89. The molecular weight excluding hydrogens is 202 g/mol. The van der Waals surface area contributed by atoms with E-state index in [-0.39, 0.29) is 5.92 Å². The molecule has 5 nitrogen and oxygen atoms in total. The molecule has 0 spiro atoms. The summed E-state index contributed by atoms with van der Waals surface area (Å²) in [7, 11) is 0. The Hall–Kier alpha value is -0.970. The SMILES string of the molecule is CC(CC1CCCC1)C(CN)c1nn[nH]n1. The third kappa shape index (κ3) is 2.58. The molecule has 0 aliphatic heterocycles. The zero-order chi connectivity index (χ0) is 11.4. The van der Waals surface area contributed by atoms with Crippen LogP contribution in [0.1, 0.15) is 50.8 Å². The minimum atomic E-state index is 0.249. The number of hydrogen-bond acceptors (Lipinski definition) is 4. The first-order chi connectivity index (χ1) is 7.81. The summed E-state index contributed by atoms with van der Waals surface area (Å²) in [4.78, 5) is 0. The highest BCUT2D eigenvalue weighted by Gasteiger charge is 2.26. The lowest BCUT2D eigenvalue weighted by Crippen LogP contribution is -2.22.